The molecule has 1 aromatic rings. The molecule has 1 atom stereocenters. The van der Waals surface area contributed by atoms with Crippen LogP contribution in [-0.4, -0.2) is 18.1 Å². The van der Waals surface area contributed by atoms with Crippen molar-refractivity contribution >= 4 is 31.9 Å². The molecule has 0 saturated carbocycles. The third kappa shape index (κ3) is 1.65. The van der Waals surface area contributed by atoms with E-state index in [1.54, 1.807) is 0 Å². The van der Waals surface area contributed by atoms with Crippen LogP contribution in [0.1, 0.15) is 36.9 Å². The van der Waals surface area contributed by atoms with Crippen molar-refractivity contribution in [3.8, 4) is 0 Å². The normalized spacial score (nSPS) is 23.5. The molecule has 1 aliphatic heterocycles. The fraction of sp³-hybridized carbons (Fsp3) is 0.462. The number of allylic oxidation sites excluding steroid dienone is 1. The second-order valence-corrected chi connectivity index (χ2v) is 5.79. The second-order valence-electron chi connectivity index (χ2n) is 4.62. The zero-order chi connectivity index (χ0) is 11.1. The summed E-state index contributed by atoms with van der Waals surface area (Å²) in [5.41, 5.74) is 3.89. The monoisotopic (exact) mass is 326 g/mol. The first kappa shape index (κ1) is 10.6. The Balaban J connectivity index is 1.99. The molecule has 0 radical (unpaired) electrons. The van der Waals surface area contributed by atoms with Crippen LogP contribution in [0.4, 0.5) is 5.69 Å². The molecule has 1 aliphatic carbocycles. The van der Waals surface area contributed by atoms with E-state index >= 15 is 0 Å². The number of rotatable bonds is 1. The van der Waals surface area contributed by atoms with Gasteiger partial charge in [0.25, 0.3) is 0 Å². The Hall–Kier alpha value is -0.580. The molecule has 3 rings (SSSR count). The Kier molecular flexibility index (Phi) is 2.65. The van der Waals surface area contributed by atoms with Gasteiger partial charge < -0.3 is 4.90 Å². The van der Waals surface area contributed by atoms with Gasteiger partial charge in [-0.1, -0.05) is 13.0 Å². The van der Waals surface area contributed by atoms with Gasteiger partial charge in [-0.3, -0.25) is 4.98 Å². The van der Waals surface area contributed by atoms with E-state index < -0.39 is 0 Å². The molecule has 0 aromatic carbocycles. The quantitative estimate of drug-likeness (QED) is 0.734. The molecule has 0 bridgehead atoms. The van der Waals surface area contributed by atoms with Crippen LogP contribution in [0.2, 0.25) is 0 Å². The molecule has 0 N–H and O–H groups in total. The van der Waals surface area contributed by atoms with Crippen molar-refractivity contribution in [3.63, 3.8) is 0 Å². The summed E-state index contributed by atoms with van der Waals surface area (Å²) < 4.78 is 1.36. The number of nitrogens with zero attached hydrogens (tertiary/aromatic N) is 2. The molecule has 2 nitrogen and oxygen atoms in total. The average Bonchev–Trinajstić information content (AvgIpc) is 2.88. The summed E-state index contributed by atoms with van der Waals surface area (Å²) in [5.74, 6) is 0.481. The first-order chi connectivity index (χ1) is 7.75. The summed E-state index contributed by atoms with van der Waals surface area (Å²) in [6.45, 7) is 4.60. The van der Waals surface area contributed by atoms with Crippen LogP contribution in [0.25, 0.3) is 3.58 Å². The Labute approximate surface area is 110 Å². The van der Waals surface area contributed by atoms with Gasteiger partial charge in [-0.15, -0.1) is 0 Å². The van der Waals surface area contributed by atoms with E-state index in [-0.39, 0.29) is 0 Å². The van der Waals surface area contributed by atoms with Crippen LogP contribution in [0.15, 0.2) is 18.3 Å². The topological polar surface area (TPSA) is 16.1 Å². The number of anilines is 1. The average molecular weight is 326 g/mol. The SMILES string of the molecule is CC1C=C(I)c2cc(N3CCCC3)cnc21. The third-order valence-corrected chi connectivity index (χ3v) is 4.40. The van der Waals surface area contributed by atoms with E-state index in [1.165, 1.54) is 46.5 Å². The molecule has 0 amide bonds. The summed E-state index contributed by atoms with van der Waals surface area (Å²) in [5, 5.41) is 0. The van der Waals surface area contributed by atoms with E-state index in [0.717, 1.165) is 0 Å². The molecule has 3 heteroatoms. The van der Waals surface area contributed by atoms with E-state index in [9.17, 15) is 0 Å². The third-order valence-electron chi connectivity index (χ3n) is 3.46. The fourth-order valence-electron chi connectivity index (χ4n) is 2.55. The first-order valence-electron chi connectivity index (χ1n) is 5.88. The number of pyridine rings is 1. The van der Waals surface area contributed by atoms with Crippen LogP contribution in [-0.2, 0) is 0 Å². The summed E-state index contributed by atoms with van der Waals surface area (Å²) >= 11 is 2.42. The maximum atomic E-state index is 4.64. The van der Waals surface area contributed by atoms with Gasteiger partial charge in [0, 0.05) is 28.2 Å². The molecule has 1 aromatic heterocycles. The minimum Gasteiger partial charge on any atom is -0.370 e. The lowest BCUT2D eigenvalue weighted by molar-refractivity contribution is 0.910. The lowest BCUT2D eigenvalue weighted by Gasteiger charge is -2.18. The number of hydrogen-bond acceptors (Lipinski definition) is 2. The van der Waals surface area contributed by atoms with Crippen molar-refractivity contribution in [1.82, 2.24) is 4.98 Å². The van der Waals surface area contributed by atoms with Crippen molar-refractivity contribution in [2.75, 3.05) is 18.0 Å². The van der Waals surface area contributed by atoms with Gasteiger partial charge in [0.15, 0.2) is 0 Å². The highest BCUT2D eigenvalue weighted by Crippen LogP contribution is 2.39. The number of aromatic nitrogens is 1. The van der Waals surface area contributed by atoms with E-state index in [0.29, 0.717) is 5.92 Å². The molecule has 0 spiro atoms. The molecular weight excluding hydrogens is 311 g/mol. The Morgan fingerprint density at radius 1 is 1.38 bits per heavy atom. The molecular formula is C13H15IN2. The van der Waals surface area contributed by atoms with Gasteiger partial charge in [0.05, 0.1) is 17.6 Å². The molecule has 2 aliphatic rings. The molecule has 1 unspecified atom stereocenters. The second kappa shape index (κ2) is 4.02. The van der Waals surface area contributed by atoms with Crippen LogP contribution in [0, 0.1) is 0 Å². The molecule has 16 heavy (non-hydrogen) atoms. The van der Waals surface area contributed by atoms with E-state index in [2.05, 4.69) is 51.5 Å². The zero-order valence-electron chi connectivity index (χ0n) is 9.41. The predicted molar refractivity (Wildman–Crippen MR) is 76.1 cm³/mol. The predicted octanol–water partition coefficient (Wildman–Crippen LogP) is 3.57. The van der Waals surface area contributed by atoms with Gasteiger partial charge in [-0.25, -0.2) is 0 Å². The van der Waals surface area contributed by atoms with Crippen molar-refractivity contribution in [2.45, 2.75) is 25.7 Å². The Bertz CT molecular complexity index is 447. The zero-order valence-corrected chi connectivity index (χ0v) is 11.6. The summed E-state index contributed by atoms with van der Waals surface area (Å²) in [6.07, 6.45) is 6.98. The maximum Gasteiger partial charge on any atom is 0.0559 e. The van der Waals surface area contributed by atoms with E-state index in [4.69, 9.17) is 0 Å². The van der Waals surface area contributed by atoms with Crippen LogP contribution >= 0.6 is 22.6 Å². The van der Waals surface area contributed by atoms with Crippen LogP contribution in [0.5, 0.6) is 0 Å². The first-order valence-corrected chi connectivity index (χ1v) is 6.96. The minimum absolute atomic E-state index is 0.481. The van der Waals surface area contributed by atoms with Crippen molar-refractivity contribution in [1.29, 1.82) is 0 Å². The number of halogens is 1. The van der Waals surface area contributed by atoms with Crippen LogP contribution < -0.4 is 4.90 Å². The highest BCUT2D eigenvalue weighted by atomic mass is 127. The molecule has 84 valence electrons. The van der Waals surface area contributed by atoms with Gasteiger partial charge in [0.2, 0.25) is 0 Å². The van der Waals surface area contributed by atoms with Crippen molar-refractivity contribution < 1.29 is 0 Å². The minimum atomic E-state index is 0.481. The van der Waals surface area contributed by atoms with Crippen LogP contribution in [0.3, 0.4) is 0 Å². The largest absolute Gasteiger partial charge is 0.370 e. The maximum absolute atomic E-state index is 4.64. The number of hydrogen-bond donors (Lipinski definition) is 0. The summed E-state index contributed by atoms with van der Waals surface area (Å²) in [4.78, 5) is 7.08. The van der Waals surface area contributed by atoms with Crippen molar-refractivity contribution in [3.05, 3.63) is 29.6 Å². The van der Waals surface area contributed by atoms with Gasteiger partial charge in [-0.05, 0) is 41.5 Å². The molecule has 2 heterocycles. The summed E-state index contributed by atoms with van der Waals surface area (Å²) in [6, 6.07) is 2.31. The molecule has 1 saturated heterocycles. The summed E-state index contributed by atoms with van der Waals surface area (Å²) in [7, 11) is 0. The highest BCUT2D eigenvalue weighted by Gasteiger charge is 2.22. The highest BCUT2D eigenvalue weighted by molar-refractivity contribution is 14.1. The number of fused-ring (bicyclic) bond motifs is 1. The smallest absolute Gasteiger partial charge is 0.0559 e. The van der Waals surface area contributed by atoms with Crippen molar-refractivity contribution in [2.24, 2.45) is 0 Å². The standard InChI is InChI=1S/C13H15IN2/c1-9-6-12(14)11-7-10(8-15-13(9)11)16-4-2-3-5-16/h6-9H,2-5H2,1H3. The lowest BCUT2D eigenvalue weighted by atomic mass is 10.1. The Morgan fingerprint density at radius 2 is 2.12 bits per heavy atom. The Morgan fingerprint density at radius 3 is 2.88 bits per heavy atom. The lowest BCUT2D eigenvalue weighted by Crippen LogP contribution is -2.18. The van der Waals surface area contributed by atoms with Gasteiger partial charge >= 0.3 is 0 Å². The van der Waals surface area contributed by atoms with Gasteiger partial charge in [0.1, 0.15) is 0 Å². The van der Waals surface area contributed by atoms with Gasteiger partial charge in [-0.2, -0.15) is 0 Å². The fourth-order valence-corrected chi connectivity index (χ4v) is 3.53. The molecule has 1 fully saturated rings. The van der Waals surface area contributed by atoms with E-state index in [1.807, 2.05) is 6.20 Å².